The van der Waals surface area contributed by atoms with Crippen LogP contribution in [0.2, 0.25) is 0 Å². The largest absolute Gasteiger partial charge is 0.508 e. The molecular formula is C24H24N4O3. The predicted molar refractivity (Wildman–Crippen MR) is 115 cm³/mol. The number of rotatable bonds is 4. The van der Waals surface area contributed by atoms with Crippen LogP contribution in [0.3, 0.4) is 0 Å². The fourth-order valence-corrected chi connectivity index (χ4v) is 5.11. The number of para-hydroxylation sites is 1. The Kier molecular flexibility index (Phi) is 4.54. The number of aromatic hydroxyl groups is 1. The number of hydrogen-bond donors (Lipinski definition) is 2. The van der Waals surface area contributed by atoms with Crippen LogP contribution in [0.15, 0.2) is 60.9 Å². The Bertz CT molecular complexity index is 1170. The molecule has 0 aliphatic carbocycles. The van der Waals surface area contributed by atoms with E-state index in [2.05, 4.69) is 10.4 Å². The van der Waals surface area contributed by atoms with Crippen LogP contribution in [0, 0.1) is 0 Å². The molecule has 1 aromatic heterocycles. The molecule has 2 aliphatic rings. The number of aromatic nitrogens is 2. The summed E-state index contributed by atoms with van der Waals surface area (Å²) in [7, 11) is 1.84. The van der Waals surface area contributed by atoms with Gasteiger partial charge in [-0.25, -0.2) is 0 Å². The number of phenols is 1. The maximum absolute atomic E-state index is 13.4. The molecule has 3 heterocycles. The topological polar surface area (TPSA) is 87.5 Å². The summed E-state index contributed by atoms with van der Waals surface area (Å²) in [4.78, 5) is 28.5. The van der Waals surface area contributed by atoms with Gasteiger partial charge in [-0.2, -0.15) is 5.10 Å². The molecule has 1 saturated heterocycles. The molecule has 2 atom stereocenters. The van der Waals surface area contributed by atoms with E-state index in [1.165, 1.54) is 0 Å². The molecule has 1 spiro atoms. The Hall–Kier alpha value is -3.61. The molecule has 7 heteroatoms. The van der Waals surface area contributed by atoms with E-state index < -0.39 is 11.5 Å². The maximum atomic E-state index is 13.4. The van der Waals surface area contributed by atoms with Crippen LogP contribution in [-0.2, 0) is 28.5 Å². The molecule has 0 saturated carbocycles. The summed E-state index contributed by atoms with van der Waals surface area (Å²) < 4.78 is 1.70. The molecule has 2 aliphatic heterocycles. The van der Waals surface area contributed by atoms with Crippen molar-refractivity contribution in [2.24, 2.45) is 7.05 Å². The van der Waals surface area contributed by atoms with Crippen LogP contribution in [-0.4, -0.2) is 38.1 Å². The van der Waals surface area contributed by atoms with Crippen molar-refractivity contribution in [2.45, 2.75) is 30.7 Å². The van der Waals surface area contributed by atoms with Crippen LogP contribution in [0.4, 0.5) is 5.69 Å². The number of fused-ring (bicyclic) bond motifs is 2. The van der Waals surface area contributed by atoms with Gasteiger partial charge in [-0.15, -0.1) is 0 Å². The van der Waals surface area contributed by atoms with Crippen molar-refractivity contribution in [2.75, 3.05) is 11.9 Å². The molecular weight excluding hydrogens is 392 g/mol. The summed E-state index contributed by atoms with van der Waals surface area (Å²) in [5.41, 5.74) is 2.70. The third-order valence-electron chi connectivity index (χ3n) is 6.49. The highest BCUT2D eigenvalue weighted by molar-refractivity contribution is 6.07. The first-order valence-corrected chi connectivity index (χ1v) is 10.5. The number of aryl methyl sites for hydroxylation is 2. The van der Waals surface area contributed by atoms with E-state index in [0.717, 1.165) is 22.4 Å². The first kappa shape index (κ1) is 19.4. The fourth-order valence-electron chi connectivity index (χ4n) is 5.11. The lowest BCUT2D eigenvalue weighted by molar-refractivity contribution is -0.133. The average molecular weight is 416 g/mol. The number of anilines is 1. The van der Waals surface area contributed by atoms with Crippen molar-refractivity contribution in [3.8, 4) is 5.75 Å². The van der Waals surface area contributed by atoms with E-state index in [-0.39, 0.29) is 17.6 Å². The molecule has 2 N–H and O–H groups in total. The Labute approximate surface area is 180 Å². The van der Waals surface area contributed by atoms with Gasteiger partial charge >= 0.3 is 0 Å². The smallest absolute Gasteiger partial charge is 0.237 e. The number of likely N-dealkylation sites (tertiary alicyclic amines) is 1. The Morgan fingerprint density at radius 1 is 1.26 bits per heavy atom. The van der Waals surface area contributed by atoms with Gasteiger partial charge in [-0.1, -0.05) is 30.3 Å². The SMILES string of the molecule is Cn1cc(C2N(C(=O)CCc3cccc(O)c3)CCC23C(=O)Nc2ccccc23)cn1. The number of hydrogen-bond acceptors (Lipinski definition) is 4. The van der Waals surface area contributed by atoms with Gasteiger partial charge in [-0.3, -0.25) is 14.3 Å². The highest BCUT2D eigenvalue weighted by Gasteiger charge is 2.59. The first-order chi connectivity index (χ1) is 15.0. The molecule has 2 amide bonds. The predicted octanol–water partition coefficient (Wildman–Crippen LogP) is 2.92. The first-order valence-electron chi connectivity index (χ1n) is 10.5. The van der Waals surface area contributed by atoms with E-state index in [1.54, 1.807) is 29.1 Å². The molecule has 0 radical (unpaired) electrons. The monoisotopic (exact) mass is 416 g/mol. The van der Waals surface area contributed by atoms with Gasteiger partial charge in [0.05, 0.1) is 12.2 Å². The minimum Gasteiger partial charge on any atom is -0.508 e. The van der Waals surface area contributed by atoms with Crippen molar-refractivity contribution in [1.82, 2.24) is 14.7 Å². The van der Waals surface area contributed by atoms with Crippen LogP contribution >= 0.6 is 0 Å². The fraction of sp³-hybridized carbons (Fsp3) is 0.292. The van der Waals surface area contributed by atoms with Gasteiger partial charge in [0, 0.05) is 37.5 Å². The molecule has 2 unspecified atom stereocenters. The second kappa shape index (κ2) is 7.27. The molecule has 7 nitrogen and oxygen atoms in total. The highest BCUT2D eigenvalue weighted by Crippen LogP contribution is 2.54. The zero-order valence-electron chi connectivity index (χ0n) is 17.3. The summed E-state index contributed by atoms with van der Waals surface area (Å²) >= 11 is 0. The molecule has 2 aromatic carbocycles. The van der Waals surface area contributed by atoms with Crippen molar-refractivity contribution in [3.05, 3.63) is 77.6 Å². The summed E-state index contributed by atoms with van der Waals surface area (Å²) in [5.74, 6) is 0.120. The average Bonchev–Trinajstić information content (AvgIpc) is 3.43. The third-order valence-corrected chi connectivity index (χ3v) is 6.49. The van der Waals surface area contributed by atoms with E-state index >= 15 is 0 Å². The highest BCUT2D eigenvalue weighted by atomic mass is 16.3. The van der Waals surface area contributed by atoms with Crippen molar-refractivity contribution >= 4 is 17.5 Å². The Morgan fingerprint density at radius 2 is 2.10 bits per heavy atom. The lowest BCUT2D eigenvalue weighted by atomic mass is 9.73. The minimum atomic E-state index is -0.819. The third kappa shape index (κ3) is 3.08. The van der Waals surface area contributed by atoms with E-state index in [0.29, 0.717) is 25.8 Å². The maximum Gasteiger partial charge on any atom is 0.237 e. The second-order valence-corrected chi connectivity index (χ2v) is 8.33. The van der Waals surface area contributed by atoms with E-state index in [9.17, 15) is 14.7 Å². The minimum absolute atomic E-state index is 0.00810. The number of phenolic OH excluding ortho intramolecular Hbond substituents is 1. The van der Waals surface area contributed by atoms with Crippen molar-refractivity contribution in [3.63, 3.8) is 0 Å². The van der Waals surface area contributed by atoms with Crippen LogP contribution in [0.1, 0.15) is 35.6 Å². The molecule has 31 heavy (non-hydrogen) atoms. The second-order valence-electron chi connectivity index (χ2n) is 8.33. The summed E-state index contributed by atoms with van der Waals surface area (Å²) in [5, 5.41) is 17.0. The molecule has 0 bridgehead atoms. The summed E-state index contributed by atoms with van der Waals surface area (Å²) in [6.07, 6.45) is 5.04. The van der Waals surface area contributed by atoms with Crippen LogP contribution < -0.4 is 5.32 Å². The Balaban J connectivity index is 1.50. The number of nitrogens with one attached hydrogen (secondary N) is 1. The number of nitrogens with zero attached hydrogens (tertiary/aromatic N) is 3. The standard InChI is InChI=1S/C24H24N4O3/c1-27-15-17(14-25-27)22-24(19-7-2-3-8-20(19)26-23(24)31)11-12-28(22)21(30)10-9-16-5-4-6-18(29)13-16/h2-8,13-15,22,29H,9-12H2,1H3,(H,26,31). The lowest BCUT2D eigenvalue weighted by Gasteiger charge is -2.33. The van der Waals surface area contributed by atoms with Crippen molar-refractivity contribution < 1.29 is 14.7 Å². The van der Waals surface area contributed by atoms with Gasteiger partial charge < -0.3 is 15.3 Å². The van der Waals surface area contributed by atoms with Gasteiger partial charge in [0.15, 0.2) is 0 Å². The zero-order valence-corrected chi connectivity index (χ0v) is 17.3. The summed E-state index contributed by atoms with van der Waals surface area (Å²) in [6, 6.07) is 14.3. The molecule has 3 aromatic rings. The van der Waals surface area contributed by atoms with Gasteiger partial charge in [0.1, 0.15) is 11.2 Å². The van der Waals surface area contributed by atoms with E-state index in [4.69, 9.17) is 0 Å². The lowest BCUT2D eigenvalue weighted by Crippen LogP contribution is -2.42. The van der Waals surface area contributed by atoms with E-state index in [1.807, 2.05) is 48.5 Å². The van der Waals surface area contributed by atoms with Gasteiger partial charge in [-0.05, 0) is 42.2 Å². The van der Waals surface area contributed by atoms with Gasteiger partial charge in [0.2, 0.25) is 11.8 Å². The zero-order chi connectivity index (χ0) is 21.6. The normalized spacial score (nSPS) is 22.0. The summed E-state index contributed by atoms with van der Waals surface area (Å²) in [6.45, 7) is 0.500. The van der Waals surface area contributed by atoms with Crippen LogP contribution in [0.5, 0.6) is 5.75 Å². The number of carbonyl (C=O) groups is 2. The molecule has 1 fully saturated rings. The quantitative estimate of drug-likeness (QED) is 0.685. The molecule has 158 valence electrons. The Morgan fingerprint density at radius 3 is 2.87 bits per heavy atom. The number of carbonyl (C=O) groups excluding carboxylic acids is 2. The van der Waals surface area contributed by atoms with Crippen LogP contribution in [0.25, 0.3) is 0 Å². The number of amides is 2. The molecule has 5 rings (SSSR count). The number of benzene rings is 2. The van der Waals surface area contributed by atoms with Gasteiger partial charge in [0.25, 0.3) is 0 Å². The van der Waals surface area contributed by atoms with Crippen molar-refractivity contribution in [1.29, 1.82) is 0 Å².